The van der Waals surface area contributed by atoms with Crippen LogP contribution >= 0.6 is 11.6 Å². The molecule has 1 saturated heterocycles. The first kappa shape index (κ1) is 10.9. The fourth-order valence-corrected chi connectivity index (χ4v) is 1.91. The summed E-state index contributed by atoms with van der Waals surface area (Å²) in [5.41, 5.74) is 2.06. The van der Waals surface area contributed by atoms with Crippen molar-refractivity contribution >= 4 is 11.6 Å². The van der Waals surface area contributed by atoms with Crippen LogP contribution in [0.15, 0.2) is 18.2 Å². The molecule has 1 aromatic carbocycles. The van der Waals surface area contributed by atoms with Gasteiger partial charge in [-0.15, -0.1) is 0 Å². The molecule has 1 nitrogen and oxygen atoms in total. The molecule has 0 aliphatic carbocycles. The van der Waals surface area contributed by atoms with Crippen LogP contribution in [0.1, 0.15) is 11.1 Å². The minimum atomic E-state index is -0.730. The van der Waals surface area contributed by atoms with Crippen molar-refractivity contribution in [1.82, 2.24) is 5.32 Å². The maximum absolute atomic E-state index is 13.7. The van der Waals surface area contributed by atoms with Crippen LogP contribution < -0.4 is 5.32 Å². The average Bonchev–Trinajstić information content (AvgIpc) is 2.08. The van der Waals surface area contributed by atoms with E-state index in [-0.39, 0.29) is 5.92 Å². The van der Waals surface area contributed by atoms with E-state index in [1.165, 1.54) is 0 Å². The van der Waals surface area contributed by atoms with Crippen LogP contribution in [0.3, 0.4) is 0 Å². The standard InChI is InChI=1S/C12H15ClFN/c1-8-4-9(2-3-11(8)13)5-12(14)10-6-15-7-10/h2-4,10,12,15H,5-7H2,1H3. The van der Waals surface area contributed by atoms with Crippen LogP contribution in [0.4, 0.5) is 4.39 Å². The number of halogens is 2. The van der Waals surface area contributed by atoms with Crippen molar-refractivity contribution in [3.63, 3.8) is 0 Å². The third-order valence-electron chi connectivity index (χ3n) is 2.98. The molecule has 15 heavy (non-hydrogen) atoms. The number of hydrogen-bond donors (Lipinski definition) is 1. The van der Waals surface area contributed by atoms with Crippen molar-refractivity contribution in [1.29, 1.82) is 0 Å². The highest BCUT2D eigenvalue weighted by Gasteiger charge is 2.26. The van der Waals surface area contributed by atoms with Crippen molar-refractivity contribution in [2.24, 2.45) is 5.92 Å². The fourth-order valence-electron chi connectivity index (χ4n) is 1.79. The molecule has 0 radical (unpaired) electrons. The minimum Gasteiger partial charge on any atom is -0.316 e. The summed E-state index contributed by atoms with van der Waals surface area (Å²) in [6.07, 6.45) is -0.225. The van der Waals surface area contributed by atoms with Crippen molar-refractivity contribution in [3.8, 4) is 0 Å². The molecule has 0 bridgehead atoms. The van der Waals surface area contributed by atoms with Crippen LogP contribution in [0.2, 0.25) is 5.02 Å². The van der Waals surface area contributed by atoms with Crippen molar-refractivity contribution in [2.75, 3.05) is 13.1 Å². The van der Waals surface area contributed by atoms with Gasteiger partial charge in [-0.2, -0.15) is 0 Å². The molecule has 1 fully saturated rings. The highest BCUT2D eigenvalue weighted by atomic mass is 35.5. The molecule has 0 aromatic heterocycles. The van der Waals surface area contributed by atoms with Crippen LogP contribution in [-0.4, -0.2) is 19.3 Å². The number of rotatable bonds is 3. The summed E-state index contributed by atoms with van der Waals surface area (Å²) in [6, 6.07) is 5.73. The zero-order valence-corrected chi connectivity index (χ0v) is 9.52. The first-order valence-corrected chi connectivity index (χ1v) is 5.64. The second kappa shape index (κ2) is 4.50. The van der Waals surface area contributed by atoms with Gasteiger partial charge < -0.3 is 5.32 Å². The Kier molecular flexibility index (Phi) is 3.27. The van der Waals surface area contributed by atoms with E-state index in [4.69, 9.17) is 11.6 Å². The number of alkyl halides is 1. The molecule has 82 valence electrons. The summed E-state index contributed by atoms with van der Waals surface area (Å²) in [7, 11) is 0. The molecule has 1 heterocycles. The lowest BCUT2D eigenvalue weighted by molar-refractivity contribution is 0.169. The number of nitrogens with one attached hydrogen (secondary N) is 1. The van der Waals surface area contributed by atoms with Gasteiger partial charge in [-0.1, -0.05) is 23.7 Å². The molecule has 3 heteroatoms. The van der Waals surface area contributed by atoms with Gasteiger partial charge in [0.2, 0.25) is 0 Å². The highest BCUT2D eigenvalue weighted by molar-refractivity contribution is 6.31. The Bertz CT molecular complexity index is 349. The van der Waals surface area contributed by atoms with Gasteiger partial charge in [0.1, 0.15) is 6.17 Å². The zero-order chi connectivity index (χ0) is 10.8. The minimum absolute atomic E-state index is 0.195. The summed E-state index contributed by atoms with van der Waals surface area (Å²) >= 11 is 5.91. The largest absolute Gasteiger partial charge is 0.316 e. The highest BCUT2D eigenvalue weighted by Crippen LogP contribution is 2.21. The van der Waals surface area contributed by atoms with Gasteiger partial charge in [-0.3, -0.25) is 0 Å². The van der Waals surface area contributed by atoms with E-state index < -0.39 is 6.17 Å². The molecule has 0 amide bonds. The van der Waals surface area contributed by atoms with Gasteiger partial charge >= 0.3 is 0 Å². The summed E-state index contributed by atoms with van der Waals surface area (Å²) in [5.74, 6) is 0.195. The first-order valence-electron chi connectivity index (χ1n) is 5.26. The Morgan fingerprint density at radius 3 is 2.80 bits per heavy atom. The lowest BCUT2D eigenvalue weighted by Crippen LogP contribution is -2.47. The summed E-state index contributed by atoms with van der Waals surface area (Å²) in [6.45, 7) is 3.57. The zero-order valence-electron chi connectivity index (χ0n) is 8.76. The van der Waals surface area contributed by atoms with E-state index >= 15 is 0 Å². The van der Waals surface area contributed by atoms with E-state index in [9.17, 15) is 4.39 Å². The van der Waals surface area contributed by atoms with Gasteiger partial charge in [-0.25, -0.2) is 4.39 Å². The number of aryl methyl sites for hydroxylation is 1. The van der Waals surface area contributed by atoms with Crippen molar-refractivity contribution in [2.45, 2.75) is 19.5 Å². The monoisotopic (exact) mass is 227 g/mol. The maximum Gasteiger partial charge on any atom is 0.109 e. The third kappa shape index (κ3) is 2.50. The van der Waals surface area contributed by atoms with Crippen molar-refractivity contribution in [3.05, 3.63) is 34.3 Å². The Balaban J connectivity index is 2.00. The second-order valence-electron chi connectivity index (χ2n) is 4.22. The average molecular weight is 228 g/mol. The molecule has 2 rings (SSSR count). The topological polar surface area (TPSA) is 12.0 Å². The maximum atomic E-state index is 13.7. The number of benzene rings is 1. The van der Waals surface area contributed by atoms with Gasteiger partial charge in [0.15, 0.2) is 0 Å². The van der Waals surface area contributed by atoms with Gasteiger partial charge in [0.05, 0.1) is 0 Å². The molecule has 1 aromatic rings. The summed E-state index contributed by atoms with van der Waals surface area (Å²) in [4.78, 5) is 0. The van der Waals surface area contributed by atoms with Crippen LogP contribution in [0, 0.1) is 12.8 Å². The molecule has 0 spiro atoms. The lowest BCUT2D eigenvalue weighted by Gasteiger charge is -2.30. The van der Waals surface area contributed by atoms with E-state index in [2.05, 4.69) is 5.32 Å². The smallest absolute Gasteiger partial charge is 0.109 e. The fraction of sp³-hybridized carbons (Fsp3) is 0.500. The van der Waals surface area contributed by atoms with Crippen molar-refractivity contribution < 1.29 is 4.39 Å². The third-order valence-corrected chi connectivity index (χ3v) is 3.40. The Labute approximate surface area is 94.6 Å². The second-order valence-corrected chi connectivity index (χ2v) is 4.63. The molecular weight excluding hydrogens is 213 g/mol. The van der Waals surface area contributed by atoms with Crippen LogP contribution in [-0.2, 0) is 6.42 Å². The first-order chi connectivity index (χ1) is 7.16. The van der Waals surface area contributed by atoms with Gasteiger partial charge in [-0.05, 0) is 24.1 Å². The van der Waals surface area contributed by atoms with E-state index in [1.807, 2.05) is 25.1 Å². The Morgan fingerprint density at radius 2 is 2.27 bits per heavy atom. The molecule has 1 atom stereocenters. The predicted octanol–water partition coefficient (Wildman–Crippen LogP) is 2.75. The van der Waals surface area contributed by atoms with Crippen LogP contribution in [0.5, 0.6) is 0 Å². The van der Waals surface area contributed by atoms with Crippen LogP contribution in [0.25, 0.3) is 0 Å². The van der Waals surface area contributed by atoms with E-state index in [0.29, 0.717) is 6.42 Å². The van der Waals surface area contributed by atoms with E-state index in [1.54, 1.807) is 0 Å². The Hall–Kier alpha value is -0.600. The predicted molar refractivity (Wildman–Crippen MR) is 61.1 cm³/mol. The number of hydrogen-bond acceptors (Lipinski definition) is 1. The molecule has 1 N–H and O–H groups in total. The summed E-state index contributed by atoms with van der Waals surface area (Å²) < 4.78 is 13.7. The molecule has 1 aliphatic rings. The molecule has 1 unspecified atom stereocenters. The molecular formula is C12H15ClFN. The summed E-state index contributed by atoms with van der Waals surface area (Å²) in [5, 5.41) is 3.84. The Morgan fingerprint density at radius 1 is 1.53 bits per heavy atom. The molecule has 0 saturated carbocycles. The van der Waals surface area contributed by atoms with Gasteiger partial charge in [0.25, 0.3) is 0 Å². The van der Waals surface area contributed by atoms with Gasteiger partial charge in [0, 0.05) is 30.5 Å². The van der Waals surface area contributed by atoms with E-state index in [0.717, 1.165) is 29.2 Å². The molecule has 1 aliphatic heterocycles. The SMILES string of the molecule is Cc1cc(CC(F)C2CNC2)ccc1Cl. The normalized spacial score (nSPS) is 18.6. The lowest BCUT2D eigenvalue weighted by atomic mass is 9.92. The quantitative estimate of drug-likeness (QED) is 0.838.